The van der Waals surface area contributed by atoms with Crippen molar-refractivity contribution >= 4 is 15.9 Å². The summed E-state index contributed by atoms with van der Waals surface area (Å²) < 4.78 is 26.5. The summed E-state index contributed by atoms with van der Waals surface area (Å²) in [4.78, 5) is 14.7. The first kappa shape index (κ1) is 16.5. The molecule has 0 aromatic heterocycles. The van der Waals surface area contributed by atoms with Crippen LogP contribution in [0.15, 0.2) is 29.2 Å². The third kappa shape index (κ3) is 3.43. The Kier molecular flexibility index (Phi) is 4.73. The van der Waals surface area contributed by atoms with Crippen molar-refractivity contribution in [3.8, 4) is 0 Å². The number of benzene rings is 1. The molecule has 2 saturated heterocycles. The van der Waals surface area contributed by atoms with Gasteiger partial charge in [-0.25, -0.2) is 8.42 Å². The first-order valence-corrected chi connectivity index (χ1v) is 9.82. The van der Waals surface area contributed by atoms with Crippen LogP contribution in [0.3, 0.4) is 0 Å². The Labute approximate surface area is 138 Å². The number of likely N-dealkylation sites (tertiary alicyclic amines) is 1. The molecule has 6 heteroatoms. The highest BCUT2D eigenvalue weighted by Crippen LogP contribution is 2.22. The number of amides is 1. The molecule has 1 aromatic carbocycles. The summed E-state index contributed by atoms with van der Waals surface area (Å²) in [7, 11) is -3.41. The summed E-state index contributed by atoms with van der Waals surface area (Å²) in [6.07, 6.45) is 4.04. The van der Waals surface area contributed by atoms with E-state index >= 15 is 0 Å². The molecule has 126 valence electrons. The minimum absolute atomic E-state index is 0.00155. The number of hydrogen-bond acceptors (Lipinski definition) is 3. The van der Waals surface area contributed by atoms with E-state index < -0.39 is 10.0 Å². The van der Waals surface area contributed by atoms with Crippen molar-refractivity contribution in [3.63, 3.8) is 0 Å². The Morgan fingerprint density at radius 3 is 2.30 bits per heavy atom. The molecule has 1 amide bonds. The molecular formula is C17H24N2O3S. The summed E-state index contributed by atoms with van der Waals surface area (Å²) >= 11 is 0. The minimum Gasteiger partial charge on any atom is -0.338 e. The van der Waals surface area contributed by atoms with E-state index in [4.69, 9.17) is 0 Å². The summed E-state index contributed by atoms with van der Waals surface area (Å²) in [5, 5.41) is 0. The number of sulfonamides is 1. The third-order valence-corrected chi connectivity index (χ3v) is 6.66. The van der Waals surface area contributed by atoms with Crippen LogP contribution in [0.1, 0.15) is 43.0 Å². The Balaban J connectivity index is 1.75. The summed E-state index contributed by atoms with van der Waals surface area (Å²) in [6, 6.07) is 6.41. The third-order valence-electron chi connectivity index (χ3n) is 4.75. The average molecular weight is 336 g/mol. The number of rotatable bonds is 3. The molecule has 2 heterocycles. The zero-order valence-electron chi connectivity index (χ0n) is 13.6. The van der Waals surface area contributed by atoms with Gasteiger partial charge >= 0.3 is 0 Å². The fourth-order valence-electron chi connectivity index (χ4n) is 3.40. The molecule has 1 atom stereocenters. The second-order valence-electron chi connectivity index (χ2n) is 6.63. The van der Waals surface area contributed by atoms with E-state index in [-0.39, 0.29) is 10.8 Å². The SMILES string of the molecule is C[C@H]1CCCN(C(=O)c2ccc(S(=O)(=O)N3CCCC3)cc2)C1. The smallest absolute Gasteiger partial charge is 0.253 e. The van der Waals surface area contributed by atoms with Crippen LogP contribution in [0.2, 0.25) is 0 Å². The predicted octanol–water partition coefficient (Wildman–Crippen LogP) is 2.34. The van der Waals surface area contributed by atoms with Crippen molar-refractivity contribution in [3.05, 3.63) is 29.8 Å². The largest absolute Gasteiger partial charge is 0.338 e. The molecule has 1 aromatic rings. The first-order valence-electron chi connectivity index (χ1n) is 8.38. The monoisotopic (exact) mass is 336 g/mol. The number of piperidine rings is 1. The highest BCUT2D eigenvalue weighted by Gasteiger charge is 2.28. The quantitative estimate of drug-likeness (QED) is 0.851. The van der Waals surface area contributed by atoms with Gasteiger partial charge in [0.05, 0.1) is 4.90 Å². The van der Waals surface area contributed by atoms with Gasteiger partial charge in [0.25, 0.3) is 5.91 Å². The maximum absolute atomic E-state index is 12.5. The van der Waals surface area contributed by atoms with E-state index in [1.165, 1.54) is 4.31 Å². The lowest BCUT2D eigenvalue weighted by atomic mass is 9.99. The van der Waals surface area contributed by atoms with Crippen molar-refractivity contribution in [2.24, 2.45) is 5.92 Å². The Hall–Kier alpha value is -1.40. The van der Waals surface area contributed by atoms with Crippen LogP contribution in [0.4, 0.5) is 0 Å². The lowest BCUT2D eigenvalue weighted by Crippen LogP contribution is -2.39. The highest BCUT2D eigenvalue weighted by atomic mass is 32.2. The Morgan fingerprint density at radius 1 is 1.04 bits per heavy atom. The van der Waals surface area contributed by atoms with Gasteiger partial charge < -0.3 is 4.90 Å². The molecule has 2 fully saturated rings. The molecule has 0 radical (unpaired) electrons. The molecule has 3 rings (SSSR count). The van der Waals surface area contributed by atoms with Gasteiger partial charge in [-0.15, -0.1) is 0 Å². The molecule has 0 spiro atoms. The van der Waals surface area contributed by atoms with E-state index in [0.717, 1.165) is 38.8 Å². The van der Waals surface area contributed by atoms with Crippen LogP contribution in [0, 0.1) is 5.92 Å². The molecule has 2 aliphatic heterocycles. The normalized spacial score (nSPS) is 23.2. The van der Waals surface area contributed by atoms with Gasteiger partial charge in [0, 0.05) is 31.7 Å². The van der Waals surface area contributed by atoms with Crippen molar-refractivity contribution in [2.75, 3.05) is 26.2 Å². The number of nitrogens with zero attached hydrogens (tertiary/aromatic N) is 2. The van der Waals surface area contributed by atoms with Gasteiger partial charge in [0.2, 0.25) is 10.0 Å². The zero-order chi connectivity index (χ0) is 16.4. The van der Waals surface area contributed by atoms with Gasteiger partial charge in [-0.2, -0.15) is 4.31 Å². The van der Waals surface area contributed by atoms with Gasteiger partial charge in [0.1, 0.15) is 0 Å². The lowest BCUT2D eigenvalue weighted by molar-refractivity contribution is 0.0683. The number of carbonyl (C=O) groups excluding carboxylic acids is 1. The van der Waals surface area contributed by atoms with Gasteiger partial charge in [0.15, 0.2) is 0 Å². The van der Waals surface area contributed by atoms with Crippen LogP contribution >= 0.6 is 0 Å². The molecule has 0 saturated carbocycles. The Morgan fingerprint density at radius 2 is 1.70 bits per heavy atom. The van der Waals surface area contributed by atoms with E-state index in [1.807, 2.05) is 4.90 Å². The van der Waals surface area contributed by atoms with Crippen LogP contribution in [0.5, 0.6) is 0 Å². The fourth-order valence-corrected chi connectivity index (χ4v) is 4.92. The van der Waals surface area contributed by atoms with Gasteiger partial charge in [-0.1, -0.05) is 6.92 Å². The highest BCUT2D eigenvalue weighted by molar-refractivity contribution is 7.89. The molecular weight excluding hydrogens is 312 g/mol. The molecule has 0 unspecified atom stereocenters. The molecule has 2 aliphatic rings. The topological polar surface area (TPSA) is 57.7 Å². The second kappa shape index (κ2) is 6.61. The Bertz CT molecular complexity index is 664. The summed E-state index contributed by atoms with van der Waals surface area (Å²) in [6.45, 7) is 4.91. The van der Waals surface area contributed by atoms with Crippen molar-refractivity contribution in [2.45, 2.75) is 37.5 Å². The van der Waals surface area contributed by atoms with E-state index in [2.05, 4.69) is 6.92 Å². The summed E-state index contributed by atoms with van der Waals surface area (Å²) in [5.41, 5.74) is 0.569. The first-order chi connectivity index (χ1) is 11.0. The zero-order valence-corrected chi connectivity index (χ0v) is 14.4. The van der Waals surface area contributed by atoms with Gasteiger partial charge in [-0.05, 0) is 55.9 Å². The maximum atomic E-state index is 12.5. The minimum atomic E-state index is -3.41. The molecule has 0 N–H and O–H groups in total. The fraction of sp³-hybridized carbons (Fsp3) is 0.588. The van der Waals surface area contributed by atoms with E-state index in [0.29, 0.717) is 24.6 Å². The van der Waals surface area contributed by atoms with E-state index in [9.17, 15) is 13.2 Å². The summed E-state index contributed by atoms with van der Waals surface area (Å²) in [5.74, 6) is 0.532. The van der Waals surface area contributed by atoms with Gasteiger partial charge in [-0.3, -0.25) is 4.79 Å². The molecule has 0 bridgehead atoms. The average Bonchev–Trinajstić information content (AvgIpc) is 3.09. The predicted molar refractivity (Wildman–Crippen MR) is 88.7 cm³/mol. The van der Waals surface area contributed by atoms with Crippen LogP contribution in [-0.4, -0.2) is 49.7 Å². The standard InChI is InChI=1S/C17H24N2O3S/c1-14-5-4-10-18(13-14)17(20)15-6-8-16(9-7-15)23(21,22)19-11-2-3-12-19/h6-9,14H,2-5,10-13H2,1H3/t14-/m0/s1. The van der Waals surface area contributed by atoms with Crippen molar-refractivity contribution in [1.82, 2.24) is 9.21 Å². The second-order valence-corrected chi connectivity index (χ2v) is 8.57. The van der Waals surface area contributed by atoms with Crippen molar-refractivity contribution < 1.29 is 13.2 Å². The van der Waals surface area contributed by atoms with E-state index in [1.54, 1.807) is 24.3 Å². The van der Waals surface area contributed by atoms with Crippen LogP contribution in [-0.2, 0) is 10.0 Å². The molecule has 0 aliphatic carbocycles. The van der Waals surface area contributed by atoms with Crippen molar-refractivity contribution in [1.29, 1.82) is 0 Å². The molecule has 5 nitrogen and oxygen atoms in total. The van der Waals surface area contributed by atoms with Crippen LogP contribution < -0.4 is 0 Å². The lowest BCUT2D eigenvalue weighted by Gasteiger charge is -2.31. The molecule has 23 heavy (non-hydrogen) atoms. The van der Waals surface area contributed by atoms with Crippen LogP contribution in [0.25, 0.3) is 0 Å². The number of hydrogen-bond donors (Lipinski definition) is 0. The maximum Gasteiger partial charge on any atom is 0.253 e. The number of carbonyl (C=O) groups is 1.